The predicted octanol–water partition coefficient (Wildman–Crippen LogP) is 12.5. The molecule has 4 heteroatoms. The van der Waals surface area contributed by atoms with Crippen molar-refractivity contribution in [3.05, 3.63) is 131 Å². The van der Waals surface area contributed by atoms with Gasteiger partial charge in [-0.2, -0.15) is 4.57 Å². The van der Waals surface area contributed by atoms with E-state index in [1.807, 2.05) is 118 Å². The van der Waals surface area contributed by atoms with Gasteiger partial charge in [-0.1, -0.05) is 94.4 Å². The zero-order valence-electron chi connectivity index (χ0n) is 34.1. The Balaban J connectivity index is 1.45. The molecule has 9 rings (SSSR count). The van der Waals surface area contributed by atoms with Crippen molar-refractivity contribution in [2.24, 2.45) is 7.05 Å². The molecule has 0 saturated heterocycles. The molecule has 0 N–H and O–H groups in total. The molecule has 3 heterocycles. The molecule has 4 nitrogen and oxygen atoms in total. The second-order valence-electron chi connectivity index (χ2n) is 13.9. The second-order valence-corrected chi connectivity index (χ2v) is 13.9. The zero-order valence-corrected chi connectivity index (χ0v) is 29.1. The Hall–Kier alpha value is -5.61. The molecule has 0 aliphatic heterocycles. The number of fused-ring (bicyclic) bond motifs is 7. The normalized spacial score (nSPS) is 14.4. The molecule has 3 aromatic heterocycles. The fourth-order valence-electron chi connectivity index (χ4n) is 7.78. The van der Waals surface area contributed by atoms with Crippen LogP contribution < -0.4 is 4.57 Å². The summed E-state index contributed by atoms with van der Waals surface area (Å²) in [5, 5.41) is 3.99. The SMILES string of the molecule is [2H]C([2H])([2H])c1cccc2c1n(-c1c(C([2H])(C)C)cc(-c3ccc4c(c3)oc3ccccc34)cc1C([2H])(C)C)c(-c1c(C)ccc3c1oc1ccccc13)[n+]2C. The standard InChI is InChI=1S/C46H41N2O2/c1-26(2)36-23-31(30-20-22-34-32-14-8-10-17-39(32)49-41(34)25-30)24-37(27(3)4)44(36)48-43-29(6)13-12-16-38(43)47(7)46(48)42-28(5)19-21-35-33-15-9-11-18-40(33)50-45(35)42/h8-27H,1-7H3/q+1/i6D3,26D,27D. The third-order valence-corrected chi connectivity index (χ3v) is 10.2. The van der Waals surface area contributed by atoms with Gasteiger partial charge in [0.1, 0.15) is 28.0 Å². The highest BCUT2D eigenvalue weighted by Crippen LogP contribution is 2.44. The summed E-state index contributed by atoms with van der Waals surface area (Å²) in [7, 11) is 1.95. The Bertz CT molecular complexity index is 2990. The van der Waals surface area contributed by atoms with Gasteiger partial charge in [-0.25, -0.2) is 4.57 Å². The lowest BCUT2D eigenvalue weighted by Gasteiger charge is -2.21. The highest BCUT2D eigenvalue weighted by Gasteiger charge is 2.34. The Kier molecular flexibility index (Phi) is 5.69. The minimum atomic E-state index is -2.46. The smallest absolute Gasteiger partial charge is 0.299 e. The van der Waals surface area contributed by atoms with E-state index in [1.54, 1.807) is 12.1 Å². The monoisotopic (exact) mass is 658 g/mol. The van der Waals surface area contributed by atoms with E-state index < -0.39 is 18.6 Å². The Morgan fingerprint density at radius 3 is 1.98 bits per heavy atom. The number of furan rings is 2. The maximum Gasteiger partial charge on any atom is 0.299 e. The van der Waals surface area contributed by atoms with Crippen LogP contribution in [0.15, 0.2) is 118 Å². The zero-order chi connectivity index (χ0) is 38.8. The highest BCUT2D eigenvalue weighted by molar-refractivity contribution is 6.10. The summed E-state index contributed by atoms with van der Waals surface area (Å²) in [6.07, 6.45) is 0. The van der Waals surface area contributed by atoms with E-state index in [2.05, 4.69) is 30.3 Å². The number of aromatic nitrogens is 2. The fraction of sp³-hybridized carbons (Fsp3) is 0.196. The van der Waals surface area contributed by atoms with Gasteiger partial charge in [0.15, 0.2) is 16.6 Å². The Labute approximate surface area is 299 Å². The number of benzene rings is 6. The fourth-order valence-corrected chi connectivity index (χ4v) is 7.78. The van der Waals surface area contributed by atoms with Gasteiger partial charge in [0.05, 0.1) is 7.05 Å². The first-order chi connectivity index (χ1) is 26.0. The number of imidazole rings is 1. The Morgan fingerprint density at radius 2 is 1.28 bits per heavy atom. The summed E-state index contributed by atoms with van der Waals surface area (Å²) < 4.78 is 62.7. The summed E-state index contributed by atoms with van der Waals surface area (Å²) >= 11 is 0. The summed E-state index contributed by atoms with van der Waals surface area (Å²) in [6.45, 7) is 6.96. The van der Waals surface area contributed by atoms with Crippen LogP contribution in [0.4, 0.5) is 0 Å². The largest absolute Gasteiger partial charge is 0.456 e. The van der Waals surface area contributed by atoms with Gasteiger partial charge in [0, 0.05) is 45.1 Å². The topological polar surface area (TPSA) is 35.1 Å². The van der Waals surface area contributed by atoms with E-state index in [9.17, 15) is 2.74 Å². The third-order valence-electron chi connectivity index (χ3n) is 10.2. The Morgan fingerprint density at radius 1 is 0.640 bits per heavy atom. The second kappa shape index (κ2) is 11.2. The van der Waals surface area contributed by atoms with E-state index in [0.717, 1.165) is 60.5 Å². The first-order valence-electron chi connectivity index (χ1n) is 19.6. The molecule has 0 saturated carbocycles. The predicted molar refractivity (Wildman–Crippen MR) is 208 cm³/mol. The number of nitrogens with zero attached hydrogens (tertiary/aromatic N) is 2. The lowest BCUT2D eigenvalue weighted by molar-refractivity contribution is -0.633. The lowest BCUT2D eigenvalue weighted by Crippen LogP contribution is -2.30. The maximum absolute atomic E-state index is 9.71. The quantitative estimate of drug-likeness (QED) is 0.173. The van der Waals surface area contributed by atoms with E-state index in [4.69, 9.17) is 12.9 Å². The molecule has 0 amide bonds. The van der Waals surface area contributed by atoms with Crippen LogP contribution in [0.2, 0.25) is 0 Å². The number of hydrogen-bond acceptors (Lipinski definition) is 2. The van der Waals surface area contributed by atoms with E-state index >= 15 is 0 Å². The van der Waals surface area contributed by atoms with Gasteiger partial charge in [-0.3, -0.25) is 0 Å². The molecule has 0 radical (unpaired) electrons. The van der Waals surface area contributed by atoms with Crippen LogP contribution in [0.5, 0.6) is 0 Å². The summed E-state index contributed by atoms with van der Waals surface area (Å²) in [6, 6.07) is 35.7. The van der Waals surface area contributed by atoms with E-state index in [0.29, 0.717) is 39.3 Å². The van der Waals surface area contributed by atoms with Crippen LogP contribution in [0, 0.1) is 13.8 Å². The molecule has 0 bridgehead atoms. The molecule has 6 aromatic carbocycles. The average molecular weight is 659 g/mol. The van der Waals surface area contributed by atoms with Crippen molar-refractivity contribution in [3.8, 4) is 28.2 Å². The minimum Gasteiger partial charge on any atom is -0.456 e. The highest BCUT2D eigenvalue weighted by atomic mass is 16.3. The van der Waals surface area contributed by atoms with Crippen LogP contribution in [0.25, 0.3) is 83.1 Å². The summed E-state index contributed by atoms with van der Waals surface area (Å²) in [5.41, 5.74) is 9.79. The molecular formula is C46H41N2O2+. The van der Waals surface area contributed by atoms with Crippen molar-refractivity contribution in [1.29, 1.82) is 0 Å². The van der Waals surface area contributed by atoms with E-state index in [1.165, 1.54) is 0 Å². The van der Waals surface area contributed by atoms with Gasteiger partial charge in [-0.15, -0.1) is 0 Å². The molecule has 0 aliphatic carbocycles. The summed E-state index contributed by atoms with van der Waals surface area (Å²) in [4.78, 5) is 0. The molecule has 0 fully saturated rings. The van der Waals surface area contributed by atoms with Gasteiger partial charge in [0.25, 0.3) is 5.82 Å². The minimum absolute atomic E-state index is 0.183. The molecule has 50 heavy (non-hydrogen) atoms. The molecule has 0 atom stereocenters. The lowest BCUT2D eigenvalue weighted by atomic mass is 9.87. The van der Waals surface area contributed by atoms with Crippen LogP contribution in [0.1, 0.15) is 68.6 Å². The number of hydrogen-bond donors (Lipinski definition) is 0. The van der Waals surface area contributed by atoms with E-state index in [-0.39, 0.29) is 5.56 Å². The first kappa shape index (κ1) is 25.4. The molecule has 0 unspecified atom stereocenters. The van der Waals surface area contributed by atoms with Crippen molar-refractivity contribution in [2.45, 2.75) is 53.3 Å². The van der Waals surface area contributed by atoms with Crippen LogP contribution in [0.3, 0.4) is 0 Å². The molecule has 246 valence electrons. The molecule has 0 spiro atoms. The number of para-hydroxylation sites is 3. The van der Waals surface area contributed by atoms with Crippen molar-refractivity contribution < 1.29 is 20.3 Å². The molecule has 0 aliphatic rings. The van der Waals surface area contributed by atoms with Crippen molar-refractivity contribution >= 4 is 54.9 Å². The van der Waals surface area contributed by atoms with Crippen LogP contribution in [-0.2, 0) is 7.05 Å². The van der Waals surface area contributed by atoms with Crippen LogP contribution in [-0.4, -0.2) is 4.57 Å². The molecular weight excluding hydrogens is 613 g/mol. The maximum atomic E-state index is 9.71. The van der Waals surface area contributed by atoms with Gasteiger partial charge in [0.2, 0.25) is 0 Å². The van der Waals surface area contributed by atoms with Crippen molar-refractivity contribution in [3.63, 3.8) is 0 Å². The third kappa shape index (κ3) is 4.41. The van der Waals surface area contributed by atoms with Crippen LogP contribution >= 0.6 is 0 Å². The van der Waals surface area contributed by atoms with Crippen molar-refractivity contribution in [1.82, 2.24) is 4.57 Å². The number of rotatable bonds is 5. The average Bonchev–Trinajstić information content (AvgIpc) is 3.79. The van der Waals surface area contributed by atoms with Gasteiger partial charge >= 0.3 is 0 Å². The number of aryl methyl sites for hydroxylation is 3. The van der Waals surface area contributed by atoms with Gasteiger partial charge < -0.3 is 8.83 Å². The summed E-state index contributed by atoms with van der Waals surface area (Å²) in [5.74, 6) is -1.67. The van der Waals surface area contributed by atoms with Gasteiger partial charge in [-0.05, 0) is 84.7 Å². The molecule has 9 aromatic rings. The first-order valence-corrected chi connectivity index (χ1v) is 17.1. The van der Waals surface area contributed by atoms with Crippen molar-refractivity contribution in [2.75, 3.05) is 0 Å².